The second kappa shape index (κ2) is 7.55. The van der Waals surface area contributed by atoms with Crippen LogP contribution in [-0.4, -0.2) is 17.4 Å². The van der Waals surface area contributed by atoms with Gasteiger partial charge in [-0.15, -0.1) is 0 Å². The molecule has 0 bridgehead atoms. The third-order valence-corrected chi connectivity index (χ3v) is 6.61. The summed E-state index contributed by atoms with van der Waals surface area (Å²) in [7, 11) is 0. The van der Waals surface area contributed by atoms with E-state index in [0.29, 0.717) is 11.8 Å². The number of aryl methyl sites for hydroxylation is 1. The highest BCUT2D eigenvalue weighted by atomic mass is 127. The van der Waals surface area contributed by atoms with Crippen molar-refractivity contribution in [1.29, 1.82) is 0 Å². The number of amides is 1. The van der Waals surface area contributed by atoms with Gasteiger partial charge in [0.2, 0.25) is 0 Å². The molecule has 2 aliphatic carbocycles. The van der Waals surface area contributed by atoms with Gasteiger partial charge in [0.1, 0.15) is 5.82 Å². The highest BCUT2D eigenvalue weighted by molar-refractivity contribution is 14.1. The van der Waals surface area contributed by atoms with E-state index in [1.165, 1.54) is 28.4 Å². The van der Waals surface area contributed by atoms with Crippen molar-refractivity contribution in [2.75, 3.05) is 11.9 Å². The van der Waals surface area contributed by atoms with Crippen LogP contribution in [0.3, 0.4) is 0 Å². The van der Waals surface area contributed by atoms with Crippen molar-refractivity contribution in [3.63, 3.8) is 0 Å². The minimum absolute atomic E-state index is 0.0305. The first-order chi connectivity index (χ1) is 12.6. The maximum absolute atomic E-state index is 12.6. The van der Waals surface area contributed by atoms with Crippen LogP contribution in [-0.2, 0) is 0 Å². The first-order valence-electron chi connectivity index (χ1n) is 9.41. The highest BCUT2D eigenvalue weighted by Gasteiger charge is 2.29. The lowest BCUT2D eigenvalue weighted by Gasteiger charge is -2.25. The van der Waals surface area contributed by atoms with Crippen molar-refractivity contribution < 1.29 is 4.79 Å². The van der Waals surface area contributed by atoms with Crippen LogP contribution in [0.2, 0.25) is 0 Å². The number of hydrogen-bond donors (Lipinski definition) is 2. The molecule has 0 atom stereocenters. The normalized spacial score (nSPS) is 16.8. The monoisotopic (exact) mass is 461 g/mol. The van der Waals surface area contributed by atoms with E-state index in [1.54, 1.807) is 6.20 Å². The van der Waals surface area contributed by atoms with Crippen LogP contribution < -0.4 is 10.6 Å². The zero-order valence-corrected chi connectivity index (χ0v) is 17.2. The third kappa shape index (κ3) is 4.03. The molecular formula is C21H24IN3O. The van der Waals surface area contributed by atoms with Crippen LogP contribution in [0, 0.1) is 16.4 Å². The van der Waals surface area contributed by atoms with Gasteiger partial charge < -0.3 is 10.6 Å². The molecule has 5 heteroatoms. The van der Waals surface area contributed by atoms with E-state index in [1.807, 2.05) is 0 Å². The Kier molecular flexibility index (Phi) is 5.16. The maximum atomic E-state index is 12.6. The predicted octanol–water partition coefficient (Wildman–Crippen LogP) is 5.15. The highest BCUT2D eigenvalue weighted by Crippen LogP contribution is 2.42. The van der Waals surface area contributed by atoms with E-state index in [0.717, 1.165) is 42.0 Å². The molecule has 4 rings (SSSR count). The van der Waals surface area contributed by atoms with Gasteiger partial charge in [-0.05, 0) is 102 Å². The molecule has 1 aromatic heterocycles. The number of anilines is 2. The molecule has 1 aromatic carbocycles. The number of rotatable bonds is 6. The lowest BCUT2D eigenvalue weighted by molar-refractivity contribution is 0.0937. The summed E-state index contributed by atoms with van der Waals surface area (Å²) < 4.78 is 1.25. The van der Waals surface area contributed by atoms with Crippen molar-refractivity contribution in [2.24, 2.45) is 5.92 Å². The molecule has 2 fully saturated rings. The average Bonchev–Trinajstić information content (AvgIpc) is 3.41. The summed E-state index contributed by atoms with van der Waals surface area (Å²) >= 11 is 2.34. The summed E-state index contributed by atoms with van der Waals surface area (Å²) in [5, 5.41) is 6.49. The Labute approximate surface area is 168 Å². The molecule has 2 saturated carbocycles. The van der Waals surface area contributed by atoms with Gasteiger partial charge in [0.25, 0.3) is 5.91 Å². The summed E-state index contributed by atoms with van der Waals surface area (Å²) in [4.78, 5) is 17.1. The summed E-state index contributed by atoms with van der Waals surface area (Å²) in [6.45, 7) is 2.90. The van der Waals surface area contributed by atoms with E-state index in [4.69, 9.17) is 0 Å². The average molecular weight is 461 g/mol. The Morgan fingerprint density at radius 1 is 1.23 bits per heavy atom. The molecule has 26 heavy (non-hydrogen) atoms. The molecule has 0 radical (unpaired) electrons. The smallest absolute Gasteiger partial charge is 0.253 e. The second-order valence-corrected chi connectivity index (χ2v) is 8.69. The number of nitrogens with zero attached hydrogens (tertiary/aromatic N) is 1. The van der Waals surface area contributed by atoms with Gasteiger partial charge in [-0.3, -0.25) is 4.79 Å². The standard InChI is InChI=1S/C21H24IN3O/c1-13-9-16(7-8-19(13)22)25-20-10-17(15-5-6-15)18(12-23-20)21(26)24-11-14-3-2-4-14/h7-10,12,14-15H,2-6,11H2,1H3,(H,23,25)(H,24,26). The number of carbonyl (C=O) groups excluding carboxylic acids is 1. The van der Waals surface area contributed by atoms with Crippen molar-refractivity contribution in [3.8, 4) is 0 Å². The molecule has 136 valence electrons. The lowest BCUT2D eigenvalue weighted by Crippen LogP contribution is -2.32. The van der Waals surface area contributed by atoms with Crippen molar-refractivity contribution in [3.05, 3.63) is 50.7 Å². The number of aromatic nitrogens is 1. The Balaban J connectivity index is 1.51. The maximum Gasteiger partial charge on any atom is 0.253 e. The Hall–Kier alpha value is -1.63. The molecule has 0 spiro atoms. The molecule has 4 nitrogen and oxygen atoms in total. The van der Waals surface area contributed by atoms with Crippen molar-refractivity contribution in [1.82, 2.24) is 10.3 Å². The first-order valence-corrected chi connectivity index (χ1v) is 10.5. The number of halogens is 1. The van der Waals surface area contributed by atoms with E-state index in [2.05, 4.69) is 69.4 Å². The van der Waals surface area contributed by atoms with Gasteiger partial charge >= 0.3 is 0 Å². The number of benzene rings is 1. The Morgan fingerprint density at radius 2 is 2.04 bits per heavy atom. The van der Waals surface area contributed by atoms with Crippen molar-refractivity contribution in [2.45, 2.75) is 44.9 Å². The Bertz CT molecular complexity index is 828. The molecular weight excluding hydrogens is 437 g/mol. The fraction of sp³-hybridized carbons (Fsp3) is 0.429. The molecule has 1 heterocycles. The summed E-state index contributed by atoms with van der Waals surface area (Å²) in [6.07, 6.45) is 7.85. The van der Waals surface area contributed by atoms with E-state index >= 15 is 0 Å². The molecule has 0 saturated heterocycles. The molecule has 2 N–H and O–H groups in total. The quantitative estimate of drug-likeness (QED) is 0.586. The molecule has 1 amide bonds. The summed E-state index contributed by atoms with van der Waals surface area (Å²) in [6, 6.07) is 8.34. The molecule has 2 aromatic rings. The van der Waals surface area contributed by atoms with Gasteiger partial charge in [0.15, 0.2) is 0 Å². The fourth-order valence-corrected chi connectivity index (χ4v) is 3.70. The van der Waals surface area contributed by atoms with E-state index in [9.17, 15) is 4.79 Å². The number of carbonyl (C=O) groups is 1. The number of pyridine rings is 1. The van der Waals surface area contributed by atoms with Crippen LogP contribution in [0.4, 0.5) is 11.5 Å². The minimum Gasteiger partial charge on any atom is -0.352 e. The third-order valence-electron chi connectivity index (χ3n) is 5.40. The van der Waals surface area contributed by atoms with Crippen LogP contribution in [0.5, 0.6) is 0 Å². The van der Waals surface area contributed by atoms with Crippen LogP contribution in [0.25, 0.3) is 0 Å². The van der Waals surface area contributed by atoms with Gasteiger partial charge in [0, 0.05) is 22.0 Å². The van der Waals surface area contributed by atoms with Crippen molar-refractivity contribution >= 4 is 40.0 Å². The van der Waals surface area contributed by atoms with Gasteiger partial charge in [-0.1, -0.05) is 6.42 Å². The summed E-state index contributed by atoms with van der Waals surface area (Å²) in [5.41, 5.74) is 4.15. The van der Waals surface area contributed by atoms with Gasteiger partial charge in [0.05, 0.1) is 5.56 Å². The second-order valence-electron chi connectivity index (χ2n) is 7.53. The largest absolute Gasteiger partial charge is 0.352 e. The Morgan fingerprint density at radius 3 is 2.69 bits per heavy atom. The summed E-state index contributed by atoms with van der Waals surface area (Å²) in [5.74, 6) is 2.01. The van der Waals surface area contributed by atoms with E-state index in [-0.39, 0.29) is 5.91 Å². The molecule has 2 aliphatic rings. The number of nitrogens with one attached hydrogen (secondary N) is 2. The SMILES string of the molecule is Cc1cc(Nc2cc(C3CC3)c(C(=O)NCC3CCC3)cn2)ccc1I. The fourth-order valence-electron chi connectivity index (χ4n) is 3.36. The topological polar surface area (TPSA) is 54.0 Å². The van der Waals surface area contributed by atoms with Crippen LogP contribution in [0.15, 0.2) is 30.5 Å². The van der Waals surface area contributed by atoms with Crippen LogP contribution >= 0.6 is 22.6 Å². The van der Waals surface area contributed by atoms with Crippen LogP contribution in [0.1, 0.15) is 59.5 Å². The van der Waals surface area contributed by atoms with E-state index < -0.39 is 0 Å². The molecule has 0 aliphatic heterocycles. The van der Waals surface area contributed by atoms with Gasteiger partial charge in [-0.25, -0.2) is 4.98 Å². The molecule has 0 unspecified atom stereocenters. The predicted molar refractivity (Wildman–Crippen MR) is 113 cm³/mol. The zero-order valence-electron chi connectivity index (χ0n) is 15.0. The first kappa shape index (κ1) is 17.8. The number of hydrogen-bond acceptors (Lipinski definition) is 3. The zero-order chi connectivity index (χ0) is 18.1. The van der Waals surface area contributed by atoms with Gasteiger partial charge in [-0.2, -0.15) is 0 Å². The lowest BCUT2D eigenvalue weighted by atomic mass is 9.85. The minimum atomic E-state index is 0.0305.